The molecule has 0 amide bonds. The van der Waals surface area contributed by atoms with Crippen LogP contribution in [0.5, 0.6) is 0 Å². The maximum absolute atomic E-state index is 9.66. The third kappa shape index (κ3) is 0.932. The number of nitro groups is 1. The Morgan fingerprint density at radius 3 is 2.62 bits per heavy atom. The van der Waals surface area contributed by atoms with Gasteiger partial charge in [-0.05, 0) is 0 Å². The molecular formula is C3H5NO4. The zero-order valence-electron chi connectivity index (χ0n) is 3.98. The summed E-state index contributed by atoms with van der Waals surface area (Å²) in [6.07, 6.45) is -2.07. The lowest BCUT2D eigenvalue weighted by atomic mass is 10.4. The van der Waals surface area contributed by atoms with Gasteiger partial charge in [-0.25, -0.2) is 0 Å². The second-order valence-electron chi connectivity index (χ2n) is 1.57. The van der Waals surface area contributed by atoms with Crippen molar-refractivity contribution in [3.05, 3.63) is 10.1 Å². The molecule has 1 heterocycles. The van der Waals surface area contributed by atoms with Gasteiger partial charge in [0.1, 0.15) is 0 Å². The van der Waals surface area contributed by atoms with Crippen LogP contribution in [0.4, 0.5) is 0 Å². The first-order valence-corrected chi connectivity index (χ1v) is 2.15. The average Bonchev–Trinajstić information content (AvgIpc) is 2.43. The first-order chi connectivity index (χ1) is 3.72. The lowest BCUT2D eigenvalue weighted by Gasteiger charge is -1.93. The van der Waals surface area contributed by atoms with Gasteiger partial charge in [0.05, 0.1) is 11.5 Å². The van der Waals surface area contributed by atoms with E-state index >= 15 is 0 Å². The summed E-state index contributed by atoms with van der Waals surface area (Å²) in [7, 11) is 0. The van der Waals surface area contributed by atoms with E-state index in [1.807, 2.05) is 0 Å². The minimum Gasteiger partial charge on any atom is -0.363 e. The maximum Gasteiger partial charge on any atom is 0.341 e. The Labute approximate surface area is 45.0 Å². The van der Waals surface area contributed by atoms with Crippen LogP contribution in [0.25, 0.3) is 0 Å². The fourth-order valence-corrected chi connectivity index (χ4v) is 0.363. The number of hydrogen-bond donors (Lipinski definition) is 1. The first kappa shape index (κ1) is 5.46. The van der Waals surface area contributed by atoms with Crippen LogP contribution >= 0.6 is 0 Å². The predicted molar refractivity (Wildman–Crippen MR) is 22.7 cm³/mol. The van der Waals surface area contributed by atoms with Gasteiger partial charge in [-0.1, -0.05) is 0 Å². The molecule has 1 saturated heterocycles. The van der Waals surface area contributed by atoms with Gasteiger partial charge >= 0.3 is 6.23 Å². The molecule has 0 aromatic heterocycles. The molecule has 1 rings (SSSR count). The largest absolute Gasteiger partial charge is 0.363 e. The number of aliphatic hydroxyl groups excluding tert-OH is 1. The molecular weight excluding hydrogens is 114 g/mol. The fraction of sp³-hybridized carbons (Fsp3) is 1.00. The number of hydrogen-bond acceptors (Lipinski definition) is 4. The van der Waals surface area contributed by atoms with Crippen LogP contribution in [0.1, 0.15) is 0 Å². The first-order valence-electron chi connectivity index (χ1n) is 2.15. The molecule has 1 aliphatic rings. The van der Waals surface area contributed by atoms with E-state index in [0.717, 1.165) is 0 Å². The highest BCUT2D eigenvalue weighted by molar-refractivity contribution is 4.70. The number of ether oxygens (including phenoxy) is 1. The quantitative estimate of drug-likeness (QED) is 0.218. The smallest absolute Gasteiger partial charge is 0.341 e. The van der Waals surface area contributed by atoms with Gasteiger partial charge in [0, 0.05) is 0 Å². The summed E-state index contributed by atoms with van der Waals surface area (Å²) in [5.41, 5.74) is 0. The molecule has 0 radical (unpaired) electrons. The molecule has 0 aliphatic carbocycles. The van der Waals surface area contributed by atoms with Crippen LogP contribution in [0.2, 0.25) is 0 Å². The summed E-state index contributed by atoms with van der Waals surface area (Å²) in [4.78, 5) is 8.89. The molecule has 0 aromatic rings. The number of epoxide rings is 1. The Hall–Kier alpha value is -0.680. The van der Waals surface area contributed by atoms with Crippen LogP contribution in [-0.4, -0.2) is 29.0 Å². The molecule has 1 aliphatic heterocycles. The van der Waals surface area contributed by atoms with Gasteiger partial charge < -0.3 is 9.84 Å². The Bertz CT molecular complexity index is 110. The molecule has 2 atom stereocenters. The number of aliphatic hydroxyl groups is 1. The molecule has 0 saturated carbocycles. The van der Waals surface area contributed by atoms with Crippen molar-refractivity contribution in [2.24, 2.45) is 0 Å². The van der Waals surface area contributed by atoms with Crippen molar-refractivity contribution in [1.82, 2.24) is 0 Å². The van der Waals surface area contributed by atoms with Gasteiger partial charge in [-0.15, -0.1) is 0 Å². The zero-order chi connectivity index (χ0) is 6.15. The topological polar surface area (TPSA) is 75.9 Å². The summed E-state index contributed by atoms with van der Waals surface area (Å²) in [5, 5.41) is 18.1. The molecule has 0 aromatic carbocycles. The van der Waals surface area contributed by atoms with Crippen molar-refractivity contribution in [1.29, 1.82) is 0 Å². The van der Waals surface area contributed by atoms with Crippen molar-refractivity contribution in [3.63, 3.8) is 0 Å². The fourth-order valence-electron chi connectivity index (χ4n) is 0.363. The van der Waals surface area contributed by atoms with Gasteiger partial charge in [0.15, 0.2) is 6.10 Å². The highest BCUT2D eigenvalue weighted by Gasteiger charge is 2.39. The van der Waals surface area contributed by atoms with Crippen molar-refractivity contribution in [2.45, 2.75) is 12.3 Å². The molecule has 5 nitrogen and oxygen atoms in total. The van der Waals surface area contributed by atoms with Crippen LogP contribution in [0.3, 0.4) is 0 Å². The van der Waals surface area contributed by atoms with Gasteiger partial charge in [-0.3, -0.25) is 10.1 Å². The molecule has 0 spiro atoms. The van der Waals surface area contributed by atoms with E-state index < -0.39 is 17.3 Å². The van der Waals surface area contributed by atoms with Crippen molar-refractivity contribution < 1.29 is 14.8 Å². The summed E-state index contributed by atoms with van der Waals surface area (Å²) in [6.45, 7) is 0.308. The third-order valence-corrected chi connectivity index (χ3v) is 0.908. The van der Waals surface area contributed by atoms with Crippen molar-refractivity contribution in [2.75, 3.05) is 6.61 Å². The van der Waals surface area contributed by atoms with E-state index in [0.29, 0.717) is 6.61 Å². The summed E-state index contributed by atoms with van der Waals surface area (Å²) in [6, 6.07) is 0. The van der Waals surface area contributed by atoms with Gasteiger partial charge in [0.25, 0.3) is 0 Å². The molecule has 5 heteroatoms. The second kappa shape index (κ2) is 1.68. The predicted octanol–water partition coefficient (Wildman–Crippen LogP) is -1.02. The van der Waals surface area contributed by atoms with E-state index in [4.69, 9.17) is 5.11 Å². The summed E-state index contributed by atoms with van der Waals surface area (Å²) < 4.78 is 4.44. The Balaban J connectivity index is 2.32. The second-order valence-corrected chi connectivity index (χ2v) is 1.57. The van der Waals surface area contributed by atoms with Crippen LogP contribution < -0.4 is 0 Å². The van der Waals surface area contributed by atoms with Crippen LogP contribution in [0, 0.1) is 10.1 Å². The Morgan fingerprint density at radius 2 is 2.50 bits per heavy atom. The van der Waals surface area contributed by atoms with Gasteiger partial charge in [0.2, 0.25) is 0 Å². The minimum absolute atomic E-state index is 0.308. The summed E-state index contributed by atoms with van der Waals surface area (Å²) in [5.74, 6) is 0. The summed E-state index contributed by atoms with van der Waals surface area (Å²) >= 11 is 0. The number of rotatable bonds is 2. The molecule has 2 unspecified atom stereocenters. The van der Waals surface area contributed by atoms with Crippen LogP contribution in [0.15, 0.2) is 0 Å². The lowest BCUT2D eigenvalue weighted by Crippen LogP contribution is -2.24. The van der Waals surface area contributed by atoms with Gasteiger partial charge in [-0.2, -0.15) is 0 Å². The Morgan fingerprint density at radius 1 is 2.00 bits per heavy atom. The lowest BCUT2D eigenvalue weighted by molar-refractivity contribution is -0.572. The normalized spacial score (nSPS) is 29.4. The SMILES string of the molecule is O=[N+]([O-])C(O)C1CO1. The molecule has 0 bridgehead atoms. The van der Waals surface area contributed by atoms with E-state index in [1.54, 1.807) is 0 Å². The van der Waals surface area contributed by atoms with E-state index in [1.165, 1.54) is 0 Å². The average molecular weight is 119 g/mol. The molecule has 1 fully saturated rings. The minimum atomic E-state index is -1.52. The number of nitrogens with zero attached hydrogens (tertiary/aromatic N) is 1. The molecule has 46 valence electrons. The monoisotopic (exact) mass is 119 g/mol. The Kier molecular flexibility index (Phi) is 1.15. The van der Waals surface area contributed by atoms with Crippen LogP contribution in [-0.2, 0) is 4.74 Å². The van der Waals surface area contributed by atoms with Crippen molar-refractivity contribution >= 4 is 0 Å². The van der Waals surface area contributed by atoms with E-state index in [9.17, 15) is 10.1 Å². The maximum atomic E-state index is 9.66. The standard InChI is InChI=1S/C3H5NO4/c5-3(4(6)7)2-1-8-2/h2-3,5H,1H2. The molecule has 8 heavy (non-hydrogen) atoms. The van der Waals surface area contributed by atoms with E-state index in [-0.39, 0.29) is 0 Å². The molecule has 1 N–H and O–H groups in total. The zero-order valence-corrected chi connectivity index (χ0v) is 3.98. The third-order valence-electron chi connectivity index (χ3n) is 0.908. The van der Waals surface area contributed by atoms with Crippen molar-refractivity contribution in [3.8, 4) is 0 Å². The highest BCUT2D eigenvalue weighted by Crippen LogP contribution is 2.13. The highest BCUT2D eigenvalue weighted by atomic mass is 16.7. The van der Waals surface area contributed by atoms with E-state index in [2.05, 4.69) is 4.74 Å².